The summed E-state index contributed by atoms with van der Waals surface area (Å²) in [5, 5.41) is 3.63. The molecule has 0 aromatic heterocycles. The molecule has 2 aliphatic heterocycles. The molecule has 8 nitrogen and oxygen atoms in total. The highest BCUT2D eigenvalue weighted by atomic mass is 32.2. The maximum absolute atomic E-state index is 12.7. The number of rotatable bonds is 4. The van der Waals surface area contributed by atoms with E-state index in [2.05, 4.69) is 15.3 Å². The summed E-state index contributed by atoms with van der Waals surface area (Å²) in [6, 6.07) is -0.126. The van der Waals surface area contributed by atoms with E-state index < -0.39 is 11.9 Å². The van der Waals surface area contributed by atoms with Gasteiger partial charge in [-0.15, -0.1) is 0 Å². The zero-order chi connectivity index (χ0) is 19.1. The number of imide groups is 1. The molecule has 2 saturated carbocycles. The van der Waals surface area contributed by atoms with Crippen molar-refractivity contribution in [2.75, 3.05) is 19.8 Å². The van der Waals surface area contributed by atoms with Crippen molar-refractivity contribution in [1.29, 1.82) is 0 Å². The van der Waals surface area contributed by atoms with Gasteiger partial charge >= 0.3 is 11.9 Å². The highest BCUT2D eigenvalue weighted by molar-refractivity contribution is 8.14. The Morgan fingerprint density at radius 1 is 1.22 bits per heavy atom. The van der Waals surface area contributed by atoms with Crippen LogP contribution in [0.5, 0.6) is 0 Å². The maximum Gasteiger partial charge on any atom is 0.445 e. The molecule has 27 heavy (non-hydrogen) atoms. The summed E-state index contributed by atoms with van der Waals surface area (Å²) >= 11 is 1.28. The highest BCUT2D eigenvalue weighted by Crippen LogP contribution is 2.35. The molecule has 1 unspecified atom stereocenters. The van der Waals surface area contributed by atoms with Crippen LogP contribution < -0.4 is 5.32 Å². The third-order valence-electron chi connectivity index (χ3n) is 5.47. The van der Waals surface area contributed by atoms with E-state index in [1.165, 1.54) is 23.4 Å². The van der Waals surface area contributed by atoms with Crippen LogP contribution in [0.3, 0.4) is 0 Å². The number of hydrogen-bond acceptors (Lipinski definition) is 6. The van der Waals surface area contributed by atoms with E-state index in [9.17, 15) is 14.4 Å². The second-order valence-electron chi connectivity index (χ2n) is 7.56. The predicted molar refractivity (Wildman–Crippen MR) is 103 cm³/mol. The first kappa shape index (κ1) is 18.3. The first-order valence-electron chi connectivity index (χ1n) is 9.47. The molecular formula is C18H24N5O3S+. The Hall–Kier alpha value is -2.03. The minimum absolute atomic E-state index is 0.0346. The van der Waals surface area contributed by atoms with Crippen LogP contribution >= 0.6 is 11.8 Å². The van der Waals surface area contributed by atoms with Crippen LogP contribution in [0.2, 0.25) is 0 Å². The predicted octanol–water partition coefficient (Wildman–Crippen LogP) is 1.25. The van der Waals surface area contributed by atoms with Gasteiger partial charge in [0.15, 0.2) is 5.92 Å². The SMILES string of the molecule is CN1C(=O)C2C(SCC(=O)NC3CCCC3)=NC(C3CC3)=NC2=[N+](C)C1=O. The zero-order valence-corrected chi connectivity index (χ0v) is 16.4. The number of nitrogens with one attached hydrogen (secondary N) is 1. The van der Waals surface area contributed by atoms with Crippen LogP contribution in [0, 0.1) is 11.8 Å². The lowest BCUT2D eigenvalue weighted by Crippen LogP contribution is -2.54. The number of thioether (sulfide) groups is 1. The molecule has 0 saturated heterocycles. The molecule has 0 spiro atoms. The molecule has 4 amide bonds. The van der Waals surface area contributed by atoms with Crippen LogP contribution in [0.15, 0.2) is 9.98 Å². The second-order valence-corrected chi connectivity index (χ2v) is 8.56. The van der Waals surface area contributed by atoms with Crippen LogP contribution in [-0.2, 0) is 9.59 Å². The fraction of sp³-hybridized carbons (Fsp3) is 0.667. The summed E-state index contributed by atoms with van der Waals surface area (Å²) < 4.78 is 1.42. The largest absolute Gasteiger partial charge is 0.445 e. The first-order valence-corrected chi connectivity index (χ1v) is 10.5. The molecule has 4 rings (SSSR count). The van der Waals surface area contributed by atoms with E-state index in [-0.39, 0.29) is 23.6 Å². The smallest absolute Gasteiger partial charge is 0.353 e. The van der Waals surface area contributed by atoms with E-state index in [1.54, 1.807) is 7.05 Å². The van der Waals surface area contributed by atoms with Crippen molar-refractivity contribution in [2.45, 2.75) is 44.6 Å². The van der Waals surface area contributed by atoms with E-state index in [1.807, 2.05) is 0 Å². The van der Waals surface area contributed by atoms with Gasteiger partial charge in [0, 0.05) is 12.0 Å². The third kappa shape index (κ3) is 3.56. The molecule has 2 heterocycles. The fourth-order valence-corrected chi connectivity index (χ4v) is 4.60. The number of fused-ring (bicyclic) bond motifs is 1. The molecule has 144 valence electrons. The molecule has 9 heteroatoms. The maximum atomic E-state index is 12.7. The molecule has 4 aliphatic rings. The normalized spacial score (nSPS) is 26.1. The van der Waals surface area contributed by atoms with Crippen LogP contribution in [0.25, 0.3) is 0 Å². The first-order chi connectivity index (χ1) is 13.0. The summed E-state index contributed by atoms with van der Waals surface area (Å²) in [7, 11) is 3.09. The van der Waals surface area contributed by atoms with E-state index in [0.29, 0.717) is 22.6 Å². The van der Waals surface area contributed by atoms with E-state index >= 15 is 0 Å². The van der Waals surface area contributed by atoms with Crippen LogP contribution in [-0.4, -0.2) is 69.9 Å². The van der Waals surface area contributed by atoms with Crippen molar-refractivity contribution in [2.24, 2.45) is 21.8 Å². The van der Waals surface area contributed by atoms with Gasteiger partial charge in [0.05, 0.1) is 19.8 Å². The topological polar surface area (TPSA) is 94.2 Å². The van der Waals surface area contributed by atoms with Crippen molar-refractivity contribution < 1.29 is 19.0 Å². The molecule has 0 aromatic carbocycles. The minimum Gasteiger partial charge on any atom is -0.353 e. The number of aliphatic imine (C=N–C) groups is 2. The number of hydrogen-bond donors (Lipinski definition) is 1. The Labute approximate surface area is 162 Å². The van der Waals surface area contributed by atoms with Gasteiger partial charge in [-0.3, -0.25) is 9.59 Å². The lowest BCUT2D eigenvalue weighted by atomic mass is 10.0. The Balaban J connectivity index is 1.54. The summed E-state index contributed by atoms with van der Waals surface area (Å²) in [6.07, 6.45) is 6.43. The lowest BCUT2D eigenvalue weighted by Gasteiger charge is -2.26. The zero-order valence-electron chi connectivity index (χ0n) is 15.6. The molecular weight excluding hydrogens is 366 g/mol. The molecule has 1 atom stereocenters. The standard InChI is InChI=1S/C18H23N5O3S/c1-22-15-13(17(25)23(2)18(22)26)16(21-14(20-15)10-7-8-10)27-9-12(24)19-11-5-3-4-6-11/h10-11,13H,3-9H2,1-2H3/p+1. The highest BCUT2D eigenvalue weighted by Gasteiger charge is 2.50. The summed E-state index contributed by atoms with van der Waals surface area (Å²) in [6.45, 7) is 0. The van der Waals surface area contributed by atoms with Gasteiger partial charge < -0.3 is 5.32 Å². The average Bonchev–Trinajstić information content (AvgIpc) is 3.39. The fourth-order valence-electron chi connectivity index (χ4n) is 3.71. The Bertz CT molecular complexity index is 793. The number of amidine groups is 2. The van der Waals surface area contributed by atoms with Crippen molar-refractivity contribution in [1.82, 2.24) is 10.2 Å². The van der Waals surface area contributed by atoms with Gasteiger partial charge in [-0.05, 0) is 25.7 Å². The Morgan fingerprint density at radius 2 is 1.93 bits per heavy atom. The molecule has 0 radical (unpaired) electrons. The van der Waals surface area contributed by atoms with Crippen molar-refractivity contribution in [3.63, 3.8) is 0 Å². The number of amides is 4. The van der Waals surface area contributed by atoms with Crippen molar-refractivity contribution >= 4 is 46.3 Å². The number of carbonyl (C=O) groups is 3. The minimum atomic E-state index is -0.704. The summed E-state index contributed by atoms with van der Waals surface area (Å²) in [5.74, 6) is 0.535. The quantitative estimate of drug-likeness (QED) is 0.731. The monoisotopic (exact) mass is 390 g/mol. The van der Waals surface area contributed by atoms with Gasteiger partial charge in [-0.2, -0.15) is 9.48 Å². The molecule has 0 aromatic rings. The number of urea groups is 1. The summed E-state index contributed by atoms with van der Waals surface area (Å²) in [5.41, 5.74) is 0. The number of nitrogens with zero attached hydrogens (tertiary/aromatic N) is 4. The molecule has 0 bridgehead atoms. The van der Waals surface area contributed by atoms with E-state index in [4.69, 9.17) is 0 Å². The van der Waals surface area contributed by atoms with Gasteiger partial charge in [0.25, 0.3) is 5.84 Å². The van der Waals surface area contributed by atoms with Gasteiger partial charge in [-0.1, -0.05) is 29.6 Å². The van der Waals surface area contributed by atoms with Crippen molar-refractivity contribution in [3.8, 4) is 0 Å². The second kappa shape index (κ2) is 7.18. The Morgan fingerprint density at radius 3 is 2.59 bits per heavy atom. The van der Waals surface area contributed by atoms with Crippen LogP contribution in [0.1, 0.15) is 38.5 Å². The van der Waals surface area contributed by atoms with E-state index in [0.717, 1.165) is 43.4 Å². The van der Waals surface area contributed by atoms with Gasteiger partial charge in [0.2, 0.25) is 11.7 Å². The average molecular weight is 390 g/mol. The van der Waals surface area contributed by atoms with Crippen LogP contribution in [0.4, 0.5) is 4.79 Å². The third-order valence-corrected chi connectivity index (χ3v) is 6.50. The Kier molecular flexibility index (Phi) is 4.88. The van der Waals surface area contributed by atoms with Gasteiger partial charge in [0.1, 0.15) is 5.04 Å². The molecule has 1 N–H and O–H groups in total. The number of carbonyl (C=O) groups excluding carboxylic acids is 3. The molecule has 2 aliphatic carbocycles. The molecule has 2 fully saturated rings. The van der Waals surface area contributed by atoms with Gasteiger partial charge in [-0.25, -0.2) is 9.79 Å². The lowest BCUT2D eigenvalue weighted by molar-refractivity contribution is -0.407. The summed E-state index contributed by atoms with van der Waals surface area (Å²) in [4.78, 5) is 47.6. The van der Waals surface area contributed by atoms with Crippen molar-refractivity contribution in [3.05, 3.63) is 0 Å².